The molecular formula is C11H10ClNO3. The molecule has 0 aliphatic rings. The van der Waals surface area contributed by atoms with E-state index in [2.05, 4.69) is 16.6 Å². The molecule has 5 heteroatoms. The molecule has 0 aromatic heterocycles. The topological polar surface area (TPSA) is 55.4 Å². The molecule has 0 aliphatic heterocycles. The standard InChI is InChI=1S/C11H10ClNO3/c1-3-10(14)13-9-6-7(11(15)16-2)4-5-8(9)12/h3-6H,1H2,2H3,(H,13,14). The number of benzene rings is 1. The molecule has 0 saturated carbocycles. The lowest BCUT2D eigenvalue weighted by atomic mass is 10.2. The fourth-order valence-corrected chi connectivity index (χ4v) is 1.21. The Bertz CT molecular complexity index is 443. The normalized spacial score (nSPS) is 9.38. The maximum atomic E-state index is 11.2. The van der Waals surface area contributed by atoms with Crippen molar-refractivity contribution in [3.63, 3.8) is 0 Å². The summed E-state index contributed by atoms with van der Waals surface area (Å²) in [5, 5.41) is 2.82. The molecule has 0 spiro atoms. The van der Waals surface area contributed by atoms with E-state index in [1.807, 2.05) is 0 Å². The summed E-state index contributed by atoms with van der Waals surface area (Å²) in [6.45, 7) is 3.31. The molecule has 1 aromatic rings. The molecule has 84 valence electrons. The van der Waals surface area contributed by atoms with Crippen LogP contribution in [-0.4, -0.2) is 19.0 Å². The first-order chi connectivity index (χ1) is 7.58. The number of ether oxygens (including phenoxy) is 1. The van der Waals surface area contributed by atoms with E-state index in [4.69, 9.17) is 11.6 Å². The number of esters is 1. The summed E-state index contributed by atoms with van der Waals surface area (Å²) in [6, 6.07) is 4.46. The van der Waals surface area contributed by atoms with E-state index in [1.165, 1.54) is 25.3 Å². The van der Waals surface area contributed by atoms with E-state index in [-0.39, 0.29) is 0 Å². The number of methoxy groups -OCH3 is 1. The first-order valence-corrected chi connectivity index (χ1v) is 4.77. The molecule has 0 saturated heterocycles. The fraction of sp³-hybridized carbons (Fsp3) is 0.0909. The number of carbonyl (C=O) groups is 2. The van der Waals surface area contributed by atoms with Crippen molar-refractivity contribution in [3.8, 4) is 0 Å². The molecule has 1 rings (SSSR count). The van der Waals surface area contributed by atoms with Crippen molar-refractivity contribution in [2.45, 2.75) is 0 Å². The van der Waals surface area contributed by atoms with Gasteiger partial charge in [-0.05, 0) is 24.3 Å². The van der Waals surface area contributed by atoms with E-state index < -0.39 is 11.9 Å². The van der Waals surface area contributed by atoms with Crippen molar-refractivity contribution in [2.75, 3.05) is 12.4 Å². The van der Waals surface area contributed by atoms with Crippen LogP contribution in [0.1, 0.15) is 10.4 Å². The number of halogens is 1. The summed E-state index contributed by atoms with van der Waals surface area (Å²) in [4.78, 5) is 22.3. The molecule has 0 heterocycles. The monoisotopic (exact) mass is 239 g/mol. The highest BCUT2D eigenvalue weighted by Gasteiger charge is 2.09. The summed E-state index contributed by atoms with van der Waals surface area (Å²) in [6.07, 6.45) is 1.11. The maximum Gasteiger partial charge on any atom is 0.337 e. The minimum Gasteiger partial charge on any atom is -0.465 e. The lowest BCUT2D eigenvalue weighted by molar-refractivity contribution is -0.111. The Hall–Kier alpha value is -1.81. The largest absolute Gasteiger partial charge is 0.465 e. The summed E-state index contributed by atoms with van der Waals surface area (Å²) < 4.78 is 4.55. The van der Waals surface area contributed by atoms with Crippen LogP contribution in [0.3, 0.4) is 0 Å². The second kappa shape index (κ2) is 5.32. The van der Waals surface area contributed by atoms with E-state index in [1.54, 1.807) is 0 Å². The van der Waals surface area contributed by atoms with Crippen LogP contribution in [-0.2, 0) is 9.53 Å². The zero-order valence-electron chi connectivity index (χ0n) is 8.62. The number of amides is 1. The van der Waals surface area contributed by atoms with Crippen molar-refractivity contribution < 1.29 is 14.3 Å². The van der Waals surface area contributed by atoms with Gasteiger partial charge in [0.1, 0.15) is 0 Å². The number of hydrogen-bond acceptors (Lipinski definition) is 3. The van der Waals surface area contributed by atoms with Gasteiger partial charge in [0.15, 0.2) is 0 Å². The predicted molar refractivity (Wildman–Crippen MR) is 61.6 cm³/mol. The maximum absolute atomic E-state index is 11.2. The molecule has 1 aromatic carbocycles. The second-order valence-corrected chi connectivity index (χ2v) is 3.29. The summed E-state index contributed by atoms with van der Waals surface area (Å²) in [5.74, 6) is -0.894. The van der Waals surface area contributed by atoms with Crippen LogP contribution in [0.25, 0.3) is 0 Å². The molecule has 4 nitrogen and oxygen atoms in total. The van der Waals surface area contributed by atoms with E-state index in [9.17, 15) is 9.59 Å². The molecule has 0 bridgehead atoms. The Morgan fingerprint density at radius 1 is 1.50 bits per heavy atom. The molecule has 0 radical (unpaired) electrons. The fourth-order valence-electron chi connectivity index (χ4n) is 1.05. The van der Waals surface area contributed by atoms with Crippen LogP contribution in [0, 0.1) is 0 Å². The molecule has 1 N–H and O–H groups in total. The van der Waals surface area contributed by atoms with Gasteiger partial charge in [-0.2, -0.15) is 0 Å². The number of anilines is 1. The molecule has 0 fully saturated rings. The van der Waals surface area contributed by atoms with Gasteiger partial charge in [0.2, 0.25) is 5.91 Å². The molecule has 0 aliphatic carbocycles. The van der Waals surface area contributed by atoms with Gasteiger partial charge >= 0.3 is 5.97 Å². The lowest BCUT2D eigenvalue weighted by Gasteiger charge is -2.06. The zero-order valence-corrected chi connectivity index (χ0v) is 9.38. The molecule has 16 heavy (non-hydrogen) atoms. The highest BCUT2D eigenvalue weighted by atomic mass is 35.5. The summed E-state index contributed by atoms with van der Waals surface area (Å²) in [5.41, 5.74) is 0.653. The van der Waals surface area contributed by atoms with Crippen molar-refractivity contribution in [1.29, 1.82) is 0 Å². The number of rotatable bonds is 3. The van der Waals surface area contributed by atoms with Crippen LogP contribution in [0.5, 0.6) is 0 Å². The van der Waals surface area contributed by atoms with Crippen LogP contribution in [0.15, 0.2) is 30.9 Å². The van der Waals surface area contributed by atoms with Crippen molar-refractivity contribution in [1.82, 2.24) is 0 Å². The third-order valence-electron chi connectivity index (χ3n) is 1.83. The van der Waals surface area contributed by atoms with Crippen LogP contribution in [0.2, 0.25) is 5.02 Å². The van der Waals surface area contributed by atoms with Crippen LogP contribution >= 0.6 is 11.6 Å². The minimum absolute atomic E-state index is 0.311. The van der Waals surface area contributed by atoms with Gasteiger partial charge in [-0.1, -0.05) is 18.2 Å². The minimum atomic E-state index is -0.495. The Kier molecular flexibility index (Phi) is 4.08. The van der Waals surface area contributed by atoms with E-state index >= 15 is 0 Å². The Balaban J connectivity index is 3.03. The molecule has 0 unspecified atom stereocenters. The third-order valence-corrected chi connectivity index (χ3v) is 2.16. The first kappa shape index (κ1) is 12.3. The van der Waals surface area contributed by atoms with Crippen LogP contribution in [0.4, 0.5) is 5.69 Å². The van der Waals surface area contributed by atoms with Gasteiger partial charge in [0.25, 0.3) is 0 Å². The average molecular weight is 240 g/mol. The highest BCUT2D eigenvalue weighted by molar-refractivity contribution is 6.34. The van der Waals surface area contributed by atoms with Crippen molar-refractivity contribution >= 4 is 29.2 Å². The van der Waals surface area contributed by atoms with Crippen LogP contribution < -0.4 is 5.32 Å². The molecule has 1 amide bonds. The molecular weight excluding hydrogens is 230 g/mol. The smallest absolute Gasteiger partial charge is 0.337 e. The third kappa shape index (κ3) is 2.84. The first-order valence-electron chi connectivity index (χ1n) is 4.39. The number of hydrogen-bond donors (Lipinski definition) is 1. The van der Waals surface area contributed by atoms with Gasteiger partial charge in [0.05, 0.1) is 23.4 Å². The van der Waals surface area contributed by atoms with Gasteiger partial charge < -0.3 is 10.1 Å². The van der Waals surface area contributed by atoms with Gasteiger partial charge in [-0.15, -0.1) is 0 Å². The van der Waals surface area contributed by atoms with Crippen molar-refractivity contribution in [2.24, 2.45) is 0 Å². The average Bonchev–Trinajstić information content (AvgIpc) is 2.30. The summed E-state index contributed by atoms with van der Waals surface area (Å²) in [7, 11) is 1.28. The molecule has 0 atom stereocenters. The Labute approximate surface area is 97.9 Å². The second-order valence-electron chi connectivity index (χ2n) is 2.88. The van der Waals surface area contributed by atoms with E-state index in [0.29, 0.717) is 16.3 Å². The van der Waals surface area contributed by atoms with E-state index in [0.717, 1.165) is 6.08 Å². The highest BCUT2D eigenvalue weighted by Crippen LogP contribution is 2.23. The Morgan fingerprint density at radius 3 is 2.75 bits per heavy atom. The quantitative estimate of drug-likeness (QED) is 0.650. The lowest BCUT2D eigenvalue weighted by Crippen LogP contribution is -2.09. The van der Waals surface area contributed by atoms with Gasteiger partial charge in [-0.3, -0.25) is 4.79 Å². The predicted octanol–water partition coefficient (Wildman–Crippen LogP) is 2.25. The number of nitrogens with one attached hydrogen (secondary N) is 1. The summed E-state index contributed by atoms with van der Waals surface area (Å²) >= 11 is 5.84. The van der Waals surface area contributed by atoms with Gasteiger partial charge in [0, 0.05) is 0 Å². The van der Waals surface area contributed by atoms with Crippen molar-refractivity contribution in [3.05, 3.63) is 41.4 Å². The Morgan fingerprint density at radius 2 is 2.19 bits per heavy atom. The zero-order chi connectivity index (χ0) is 12.1. The van der Waals surface area contributed by atoms with Gasteiger partial charge in [-0.25, -0.2) is 4.79 Å². The number of carbonyl (C=O) groups excluding carboxylic acids is 2. The SMILES string of the molecule is C=CC(=O)Nc1cc(C(=O)OC)ccc1Cl.